The van der Waals surface area contributed by atoms with Crippen LogP contribution < -0.4 is 5.32 Å². The standard InChI is InChI=1S/C18H15N3O/c1-12-5-6-17-16(7-12)14(11-20-17)9-18(22)21-15-4-2-3-13(8-15)10-19/h2-8,11,20H,9H2,1H3,(H,21,22). The Bertz CT molecular complexity index is 887. The average molecular weight is 289 g/mol. The first kappa shape index (κ1) is 13.9. The van der Waals surface area contributed by atoms with Gasteiger partial charge in [-0.05, 0) is 42.8 Å². The lowest BCUT2D eigenvalue weighted by Gasteiger charge is -2.05. The lowest BCUT2D eigenvalue weighted by molar-refractivity contribution is -0.115. The number of benzene rings is 2. The number of carbonyl (C=O) groups excluding carboxylic acids is 1. The van der Waals surface area contributed by atoms with E-state index >= 15 is 0 Å². The molecule has 22 heavy (non-hydrogen) atoms. The predicted octanol–water partition coefficient (Wildman–Crippen LogP) is 3.53. The number of amides is 1. The van der Waals surface area contributed by atoms with Gasteiger partial charge in [-0.1, -0.05) is 17.7 Å². The first-order chi connectivity index (χ1) is 10.7. The van der Waals surface area contributed by atoms with Crippen LogP contribution in [-0.4, -0.2) is 10.9 Å². The molecule has 1 aromatic heterocycles. The van der Waals surface area contributed by atoms with E-state index in [0.29, 0.717) is 17.7 Å². The Hall–Kier alpha value is -3.06. The fraction of sp³-hybridized carbons (Fsp3) is 0.111. The molecule has 0 radical (unpaired) electrons. The summed E-state index contributed by atoms with van der Waals surface area (Å²) in [6.45, 7) is 2.03. The number of aromatic amines is 1. The molecule has 0 spiro atoms. The maximum absolute atomic E-state index is 12.2. The molecule has 1 amide bonds. The molecule has 0 saturated carbocycles. The average Bonchev–Trinajstić information content (AvgIpc) is 2.89. The van der Waals surface area contributed by atoms with Gasteiger partial charge in [0, 0.05) is 22.8 Å². The van der Waals surface area contributed by atoms with Crippen LogP contribution in [-0.2, 0) is 11.2 Å². The Morgan fingerprint density at radius 3 is 2.95 bits per heavy atom. The Kier molecular flexibility index (Phi) is 3.63. The SMILES string of the molecule is Cc1ccc2[nH]cc(CC(=O)Nc3cccc(C#N)c3)c2c1. The van der Waals surface area contributed by atoms with Crippen molar-refractivity contribution in [2.45, 2.75) is 13.3 Å². The predicted molar refractivity (Wildman–Crippen MR) is 86.5 cm³/mol. The fourth-order valence-corrected chi connectivity index (χ4v) is 2.48. The monoisotopic (exact) mass is 289 g/mol. The highest BCUT2D eigenvalue weighted by molar-refractivity contribution is 5.96. The number of hydrogen-bond donors (Lipinski definition) is 2. The van der Waals surface area contributed by atoms with Crippen LogP contribution in [0.25, 0.3) is 10.9 Å². The number of nitrogens with one attached hydrogen (secondary N) is 2. The second kappa shape index (κ2) is 5.74. The number of nitriles is 1. The number of nitrogens with zero attached hydrogens (tertiary/aromatic N) is 1. The number of aryl methyl sites for hydroxylation is 1. The van der Waals surface area contributed by atoms with E-state index in [4.69, 9.17) is 5.26 Å². The third kappa shape index (κ3) is 2.84. The number of rotatable bonds is 3. The molecular formula is C18H15N3O. The molecule has 0 aliphatic heterocycles. The number of aromatic nitrogens is 1. The zero-order valence-electron chi connectivity index (χ0n) is 12.2. The number of carbonyl (C=O) groups is 1. The first-order valence-electron chi connectivity index (χ1n) is 7.02. The highest BCUT2D eigenvalue weighted by Crippen LogP contribution is 2.20. The van der Waals surface area contributed by atoms with Crippen molar-refractivity contribution < 1.29 is 4.79 Å². The summed E-state index contributed by atoms with van der Waals surface area (Å²) in [6.07, 6.45) is 2.16. The second-order valence-corrected chi connectivity index (χ2v) is 5.28. The fourth-order valence-electron chi connectivity index (χ4n) is 2.48. The largest absolute Gasteiger partial charge is 0.361 e. The van der Waals surface area contributed by atoms with Crippen LogP contribution in [0.2, 0.25) is 0 Å². The van der Waals surface area contributed by atoms with E-state index < -0.39 is 0 Å². The van der Waals surface area contributed by atoms with Gasteiger partial charge < -0.3 is 10.3 Å². The highest BCUT2D eigenvalue weighted by atomic mass is 16.1. The third-order valence-corrected chi connectivity index (χ3v) is 3.55. The minimum absolute atomic E-state index is 0.0995. The number of H-pyrrole nitrogens is 1. The zero-order valence-corrected chi connectivity index (χ0v) is 12.2. The van der Waals surface area contributed by atoms with Crippen molar-refractivity contribution in [3.05, 3.63) is 65.4 Å². The van der Waals surface area contributed by atoms with Crippen molar-refractivity contribution in [1.82, 2.24) is 4.98 Å². The van der Waals surface area contributed by atoms with Crippen LogP contribution >= 0.6 is 0 Å². The van der Waals surface area contributed by atoms with Gasteiger partial charge in [-0.25, -0.2) is 0 Å². The summed E-state index contributed by atoms with van der Waals surface area (Å²) in [4.78, 5) is 15.4. The van der Waals surface area contributed by atoms with Crippen LogP contribution in [0.5, 0.6) is 0 Å². The minimum atomic E-state index is -0.0995. The molecule has 2 N–H and O–H groups in total. The molecule has 0 fully saturated rings. The molecule has 0 aliphatic rings. The smallest absolute Gasteiger partial charge is 0.228 e. The maximum atomic E-state index is 12.2. The second-order valence-electron chi connectivity index (χ2n) is 5.28. The molecule has 0 aliphatic carbocycles. The van der Waals surface area contributed by atoms with Crippen LogP contribution in [0.3, 0.4) is 0 Å². The molecule has 2 aromatic carbocycles. The lowest BCUT2D eigenvalue weighted by atomic mass is 10.1. The third-order valence-electron chi connectivity index (χ3n) is 3.55. The molecule has 4 nitrogen and oxygen atoms in total. The Morgan fingerprint density at radius 1 is 1.27 bits per heavy atom. The Labute approximate surface area is 128 Å². The van der Waals surface area contributed by atoms with Gasteiger partial charge in [0.1, 0.15) is 0 Å². The normalized spacial score (nSPS) is 10.4. The molecular weight excluding hydrogens is 274 g/mol. The Balaban J connectivity index is 1.78. The number of hydrogen-bond acceptors (Lipinski definition) is 2. The Morgan fingerprint density at radius 2 is 2.14 bits per heavy atom. The first-order valence-corrected chi connectivity index (χ1v) is 7.02. The van der Waals surface area contributed by atoms with E-state index in [2.05, 4.69) is 22.4 Å². The van der Waals surface area contributed by atoms with Gasteiger partial charge in [-0.3, -0.25) is 4.79 Å². The summed E-state index contributed by atoms with van der Waals surface area (Å²) < 4.78 is 0. The van der Waals surface area contributed by atoms with Gasteiger partial charge in [0.25, 0.3) is 0 Å². The zero-order chi connectivity index (χ0) is 15.5. The summed E-state index contributed by atoms with van der Waals surface area (Å²) in [6, 6.07) is 15.1. The maximum Gasteiger partial charge on any atom is 0.228 e. The van der Waals surface area contributed by atoms with Crippen molar-refractivity contribution in [2.24, 2.45) is 0 Å². The molecule has 108 valence electrons. The highest BCUT2D eigenvalue weighted by Gasteiger charge is 2.09. The summed E-state index contributed by atoms with van der Waals surface area (Å²) in [7, 11) is 0. The van der Waals surface area contributed by atoms with Crippen LogP contribution in [0.1, 0.15) is 16.7 Å². The van der Waals surface area contributed by atoms with Crippen molar-refractivity contribution in [2.75, 3.05) is 5.32 Å². The van der Waals surface area contributed by atoms with Crippen molar-refractivity contribution >= 4 is 22.5 Å². The van der Waals surface area contributed by atoms with Crippen LogP contribution in [0, 0.1) is 18.3 Å². The number of fused-ring (bicyclic) bond motifs is 1. The molecule has 0 unspecified atom stereocenters. The van der Waals surface area contributed by atoms with Crippen molar-refractivity contribution in [3.8, 4) is 6.07 Å². The summed E-state index contributed by atoms with van der Waals surface area (Å²) >= 11 is 0. The quantitative estimate of drug-likeness (QED) is 0.774. The summed E-state index contributed by atoms with van der Waals surface area (Å²) in [5.41, 5.74) is 4.32. The van der Waals surface area contributed by atoms with E-state index in [0.717, 1.165) is 22.0 Å². The molecule has 0 saturated heterocycles. The van der Waals surface area contributed by atoms with Gasteiger partial charge >= 0.3 is 0 Å². The van der Waals surface area contributed by atoms with E-state index in [9.17, 15) is 4.79 Å². The van der Waals surface area contributed by atoms with Gasteiger partial charge in [0.2, 0.25) is 5.91 Å². The van der Waals surface area contributed by atoms with Crippen LogP contribution in [0.15, 0.2) is 48.7 Å². The van der Waals surface area contributed by atoms with Gasteiger partial charge in [0.15, 0.2) is 0 Å². The topological polar surface area (TPSA) is 68.7 Å². The van der Waals surface area contributed by atoms with Gasteiger partial charge in [0.05, 0.1) is 18.1 Å². The van der Waals surface area contributed by atoms with Crippen molar-refractivity contribution in [3.63, 3.8) is 0 Å². The molecule has 3 aromatic rings. The number of anilines is 1. The van der Waals surface area contributed by atoms with E-state index in [-0.39, 0.29) is 5.91 Å². The van der Waals surface area contributed by atoms with Gasteiger partial charge in [-0.2, -0.15) is 5.26 Å². The van der Waals surface area contributed by atoms with Crippen LogP contribution in [0.4, 0.5) is 5.69 Å². The minimum Gasteiger partial charge on any atom is -0.361 e. The van der Waals surface area contributed by atoms with E-state index in [1.54, 1.807) is 24.3 Å². The molecule has 3 rings (SSSR count). The van der Waals surface area contributed by atoms with Crippen molar-refractivity contribution in [1.29, 1.82) is 5.26 Å². The summed E-state index contributed by atoms with van der Waals surface area (Å²) in [5.74, 6) is -0.0995. The molecule has 1 heterocycles. The van der Waals surface area contributed by atoms with E-state index in [1.165, 1.54) is 0 Å². The lowest BCUT2D eigenvalue weighted by Crippen LogP contribution is -2.14. The van der Waals surface area contributed by atoms with Gasteiger partial charge in [-0.15, -0.1) is 0 Å². The van der Waals surface area contributed by atoms with E-state index in [1.807, 2.05) is 25.3 Å². The molecule has 4 heteroatoms. The molecule has 0 bridgehead atoms. The summed E-state index contributed by atoms with van der Waals surface area (Å²) in [5, 5.41) is 12.8. The molecule has 0 atom stereocenters.